The van der Waals surface area contributed by atoms with Gasteiger partial charge in [0, 0.05) is 31.5 Å². The summed E-state index contributed by atoms with van der Waals surface area (Å²) in [5, 5.41) is 0.961. The second kappa shape index (κ2) is 6.18. The van der Waals surface area contributed by atoms with Gasteiger partial charge in [0.05, 0.1) is 13.2 Å². The lowest BCUT2D eigenvalue weighted by atomic mass is 10.4. The van der Waals surface area contributed by atoms with E-state index >= 15 is 0 Å². The number of morpholine rings is 1. The van der Waals surface area contributed by atoms with Gasteiger partial charge in [-0.15, -0.1) is 11.8 Å². The summed E-state index contributed by atoms with van der Waals surface area (Å²) in [6, 6.07) is 1.83. The SMILES string of the molecule is Cc1nc(N)cc(SCCN2CCOCC2)n1. The molecule has 2 rings (SSSR count). The predicted molar refractivity (Wildman–Crippen MR) is 69.2 cm³/mol. The zero-order valence-corrected chi connectivity index (χ0v) is 10.9. The third-order valence-electron chi connectivity index (χ3n) is 2.60. The number of nitrogens with two attached hydrogens (primary N) is 1. The zero-order valence-electron chi connectivity index (χ0n) is 10.1. The molecular formula is C11H18N4OS. The highest BCUT2D eigenvalue weighted by Crippen LogP contribution is 2.17. The van der Waals surface area contributed by atoms with Crippen molar-refractivity contribution >= 4 is 17.6 Å². The number of rotatable bonds is 4. The first-order chi connectivity index (χ1) is 8.24. The Balaban J connectivity index is 1.77. The molecule has 0 aliphatic carbocycles. The molecule has 6 heteroatoms. The standard InChI is InChI=1S/C11H18N4OS/c1-9-13-10(12)8-11(14-9)17-7-4-15-2-5-16-6-3-15/h8H,2-7H2,1H3,(H2,12,13,14). The molecular weight excluding hydrogens is 236 g/mol. The van der Waals surface area contributed by atoms with Crippen molar-refractivity contribution in [1.29, 1.82) is 0 Å². The van der Waals surface area contributed by atoms with Crippen LogP contribution >= 0.6 is 11.8 Å². The number of hydrogen-bond donors (Lipinski definition) is 1. The maximum Gasteiger partial charge on any atom is 0.128 e. The molecule has 1 aliphatic rings. The fraction of sp³-hybridized carbons (Fsp3) is 0.636. The Morgan fingerprint density at radius 3 is 2.88 bits per heavy atom. The quantitative estimate of drug-likeness (QED) is 0.633. The van der Waals surface area contributed by atoms with Crippen LogP contribution in [0, 0.1) is 6.92 Å². The van der Waals surface area contributed by atoms with Crippen molar-refractivity contribution in [2.75, 3.05) is 44.3 Å². The van der Waals surface area contributed by atoms with E-state index in [1.165, 1.54) is 0 Å². The molecule has 1 aromatic heterocycles. The number of thioether (sulfide) groups is 1. The van der Waals surface area contributed by atoms with Crippen molar-refractivity contribution in [3.05, 3.63) is 11.9 Å². The lowest BCUT2D eigenvalue weighted by Gasteiger charge is -2.26. The molecule has 0 saturated carbocycles. The van der Waals surface area contributed by atoms with Crippen molar-refractivity contribution in [1.82, 2.24) is 14.9 Å². The van der Waals surface area contributed by atoms with Gasteiger partial charge >= 0.3 is 0 Å². The van der Waals surface area contributed by atoms with Crippen LogP contribution in [0.2, 0.25) is 0 Å². The van der Waals surface area contributed by atoms with Gasteiger partial charge in [0.25, 0.3) is 0 Å². The van der Waals surface area contributed by atoms with Gasteiger partial charge in [-0.1, -0.05) is 0 Å². The van der Waals surface area contributed by atoms with Gasteiger partial charge < -0.3 is 10.5 Å². The summed E-state index contributed by atoms with van der Waals surface area (Å²) in [6.45, 7) is 6.70. The van der Waals surface area contributed by atoms with Gasteiger partial charge in [-0.25, -0.2) is 9.97 Å². The summed E-state index contributed by atoms with van der Waals surface area (Å²) in [5.41, 5.74) is 5.68. The largest absolute Gasteiger partial charge is 0.384 e. The average molecular weight is 254 g/mol. The predicted octanol–water partition coefficient (Wildman–Crippen LogP) is 0.792. The van der Waals surface area contributed by atoms with E-state index in [0.717, 1.165) is 49.5 Å². The summed E-state index contributed by atoms with van der Waals surface area (Å²) in [4.78, 5) is 10.8. The van der Waals surface area contributed by atoms with E-state index < -0.39 is 0 Å². The van der Waals surface area contributed by atoms with Crippen LogP contribution in [0.5, 0.6) is 0 Å². The number of ether oxygens (including phenoxy) is 1. The minimum atomic E-state index is 0.548. The first-order valence-electron chi connectivity index (χ1n) is 5.78. The Morgan fingerprint density at radius 1 is 1.41 bits per heavy atom. The number of nitrogens with zero attached hydrogens (tertiary/aromatic N) is 3. The summed E-state index contributed by atoms with van der Waals surface area (Å²) >= 11 is 1.73. The number of aryl methyl sites for hydroxylation is 1. The fourth-order valence-electron chi connectivity index (χ4n) is 1.74. The molecule has 0 atom stereocenters. The third kappa shape index (κ3) is 4.14. The Kier molecular flexibility index (Phi) is 4.58. The summed E-state index contributed by atoms with van der Waals surface area (Å²) in [5.74, 6) is 2.31. The minimum absolute atomic E-state index is 0.548. The number of hydrogen-bond acceptors (Lipinski definition) is 6. The second-order valence-electron chi connectivity index (χ2n) is 3.98. The molecule has 1 fully saturated rings. The average Bonchev–Trinajstić information content (AvgIpc) is 2.29. The van der Waals surface area contributed by atoms with Gasteiger partial charge in [0.2, 0.25) is 0 Å². The van der Waals surface area contributed by atoms with E-state index in [0.29, 0.717) is 5.82 Å². The first kappa shape index (κ1) is 12.6. The van der Waals surface area contributed by atoms with Crippen LogP contribution in [0.25, 0.3) is 0 Å². The molecule has 1 saturated heterocycles. The Bertz CT molecular complexity index is 348. The van der Waals surface area contributed by atoms with E-state index in [9.17, 15) is 0 Å². The van der Waals surface area contributed by atoms with Crippen molar-refractivity contribution in [2.45, 2.75) is 11.9 Å². The highest BCUT2D eigenvalue weighted by molar-refractivity contribution is 7.99. The fourth-order valence-corrected chi connectivity index (χ4v) is 2.70. The monoisotopic (exact) mass is 254 g/mol. The zero-order chi connectivity index (χ0) is 12.1. The lowest BCUT2D eigenvalue weighted by molar-refractivity contribution is 0.0410. The molecule has 1 aliphatic heterocycles. The van der Waals surface area contributed by atoms with E-state index in [2.05, 4.69) is 14.9 Å². The molecule has 0 aromatic carbocycles. The Labute approximate surface area is 106 Å². The van der Waals surface area contributed by atoms with Crippen LogP contribution in [-0.4, -0.2) is 53.5 Å². The Hall–Kier alpha value is -0.850. The summed E-state index contributed by atoms with van der Waals surface area (Å²) < 4.78 is 5.31. The molecule has 0 amide bonds. The number of aromatic nitrogens is 2. The van der Waals surface area contributed by atoms with Crippen LogP contribution in [0.4, 0.5) is 5.82 Å². The summed E-state index contributed by atoms with van der Waals surface area (Å²) in [6.07, 6.45) is 0. The van der Waals surface area contributed by atoms with Crippen LogP contribution < -0.4 is 5.73 Å². The van der Waals surface area contributed by atoms with Crippen molar-refractivity contribution in [3.63, 3.8) is 0 Å². The molecule has 0 unspecified atom stereocenters. The van der Waals surface area contributed by atoms with Crippen LogP contribution in [0.1, 0.15) is 5.82 Å². The second-order valence-corrected chi connectivity index (χ2v) is 5.10. The molecule has 0 bridgehead atoms. The first-order valence-corrected chi connectivity index (χ1v) is 6.76. The Morgan fingerprint density at radius 2 is 2.18 bits per heavy atom. The molecule has 2 N–H and O–H groups in total. The van der Waals surface area contributed by atoms with Gasteiger partial charge in [-0.2, -0.15) is 0 Å². The molecule has 17 heavy (non-hydrogen) atoms. The van der Waals surface area contributed by atoms with Gasteiger partial charge in [-0.05, 0) is 6.92 Å². The molecule has 2 heterocycles. The summed E-state index contributed by atoms with van der Waals surface area (Å²) in [7, 11) is 0. The van der Waals surface area contributed by atoms with E-state index in [1.54, 1.807) is 11.8 Å². The van der Waals surface area contributed by atoms with E-state index in [4.69, 9.17) is 10.5 Å². The van der Waals surface area contributed by atoms with Gasteiger partial charge in [-0.3, -0.25) is 4.90 Å². The molecule has 0 radical (unpaired) electrons. The van der Waals surface area contributed by atoms with E-state index in [-0.39, 0.29) is 0 Å². The van der Waals surface area contributed by atoms with Crippen LogP contribution in [-0.2, 0) is 4.74 Å². The van der Waals surface area contributed by atoms with Gasteiger partial charge in [0.1, 0.15) is 16.7 Å². The van der Waals surface area contributed by atoms with E-state index in [1.807, 2.05) is 13.0 Å². The number of anilines is 1. The maximum atomic E-state index is 5.68. The highest BCUT2D eigenvalue weighted by Gasteiger charge is 2.10. The normalized spacial score (nSPS) is 17.2. The topological polar surface area (TPSA) is 64.3 Å². The molecule has 1 aromatic rings. The lowest BCUT2D eigenvalue weighted by Crippen LogP contribution is -2.37. The van der Waals surface area contributed by atoms with Crippen molar-refractivity contribution in [2.24, 2.45) is 0 Å². The van der Waals surface area contributed by atoms with Gasteiger partial charge in [0.15, 0.2) is 0 Å². The van der Waals surface area contributed by atoms with Crippen molar-refractivity contribution in [3.8, 4) is 0 Å². The van der Waals surface area contributed by atoms with Crippen LogP contribution in [0.15, 0.2) is 11.1 Å². The minimum Gasteiger partial charge on any atom is -0.384 e. The molecule has 0 spiro atoms. The third-order valence-corrected chi connectivity index (χ3v) is 3.49. The smallest absolute Gasteiger partial charge is 0.128 e. The molecule has 5 nitrogen and oxygen atoms in total. The van der Waals surface area contributed by atoms with Crippen LogP contribution in [0.3, 0.4) is 0 Å². The molecule has 94 valence electrons. The maximum absolute atomic E-state index is 5.68. The number of nitrogen functional groups attached to an aromatic ring is 1. The highest BCUT2D eigenvalue weighted by atomic mass is 32.2. The van der Waals surface area contributed by atoms with Crippen molar-refractivity contribution < 1.29 is 4.74 Å².